The summed E-state index contributed by atoms with van der Waals surface area (Å²) < 4.78 is 1.52. The molecule has 0 saturated heterocycles. The second kappa shape index (κ2) is 5.97. The van der Waals surface area contributed by atoms with E-state index in [1.807, 2.05) is 13.8 Å². The van der Waals surface area contributed by atoms with Crippen molar-refractivity contribution in [2.75, 3.05) is 0 Å². The molecule has 2 aromatic rings. The van der Waals surface area contributed by atoms with Gasteiger partial charge in [-0.05, 0) is 31.4 Å². The van der Waals surface area contributed by atoms with Crippen molar-refractivity contribution in [2.24, 2.45) is 5.92 Å². The third-order valence-corrected chi connectivity index (χ3v) is 3.31. The van der Waals surface area contributed by atoms with Gasteiger partial charge in [0.05, 0.1) is 22.0 Å². The van der Waals surface area contributed by atoms with Gasteiger partial charge >= 0.3 is 5.97 Å². The highest BCUT2D eigenvalue weighted by molar-refractivity contribution is 5.90. The van der Waals surface area contributed by atoms with E-state index < -0.39 is 10.9 Å². The minimum atomic E-state index is -1.01. The molecule has 0 radical (unpaired) electrons. The van der Waals surface area contributed by atoms with E-state index >= 15 is 0 Å². The maximum Gasteiger partial charge on any atom is 0.339 e. The van der Waals surface area contributed by atoms with Crippen LogP contribution in [0.15, 0.2) is 24.3 Å². The Labute approximate surface area is 127 Å². The third-order valence-electron chi connectivity index (χ3n) is 3.31. The maximum atomic E-state index is 11.5. The summed E-state index contributed by atoms with van der Waals surface area (Å²) in [5.41, 5.74) is 1.82. The smallest absolute Gasteiger partial charge is 0.339 e. The molecule has 22 heavy (non-hydrogen) atoms. The number of benzene rings is 1. The van der Waals surface area contributed by atoms with Gasteiger partial charge < -0.3 is 5.11 Å². The van der Waals surface area contributed by atoms with E-state index in [0.29, 0.717) is 23.5 Å². The van der Waals surface area contributed by atoms with Crippen molar-refractivity contribution in [1.29, 1.82) is 0 Å². The monoisotopic (exact) mass is 303 g/mol. The number of carboxylic acid groups (broad SMARTS) is 1. The predicted octanol–water partition coefficient (Wildman–Crippen LogP) is 2.99. The van der Waals surface area contributed by atoms with E-state index in [2.05, 4.69) is 5.10 Å². The lowest BCUT2D eigenvalue weighted by Crippen LogP contribution is -2.04. The Morgan fingerprint density at radius 3 is 2.41 bits per heavy atom. The van der Waals surface area contributed by atoms with E-state index in [0.717, 1.165) is 0 Å². The van der Waals surface area contributed by atoms with Crippen LogP contribution in [0.1, 0.15) is 35.6 Å². The number of nitro benzene ring substituents is 1. The van der Waals surface area contributed by atoms with Crippen LogP contribution < -0.4 is 0 Å². The van der Waals surface area contributed by atoms with Crippen LogP contribution in [0.4, 0.5) is 5.69 Å². The van der Waals surface area contributed by atoms with Gasteiger partial charge in [0.1, 0.15) is 5.56 Å². The topological polar surface area (TPSA) is 98.3 Å². The van der Waals surface area contributed by atoms with Crippen molar-refractivity contribution in [1.82, 2.24) is 9.78 Å². The van der Waals surface area contributed by atoms with Gasteiger partial charge in [0.15, 0.2) is 0 Å². The molecule has 1 heterocycles. The number of aromatic nitrogens is 2. The fourth-order valence-electron chi connectivity index (χ4n) is 2.34. The molecule has 2 rings (SSSR count). The molecule has 0 fully saturated rings. The molecule has 116 valence electrons. The van der Waals surface area contributed by atoms with Crippen LogP contribution in [0.2, 0.25) is 0 Å². The number of carboxylic acids is 1. The molecule has 0 aliphatic carbocycles. The molecule has 0 aliphatic heterocycles. The second-order valence-electron chi connectivity index (χ2n) is 5.50. The molecule has 7 heteroatoms. The van der Waals surface area contributed by atoms with Crippen molar-refractivity contribution in [3.8, 4) is 5.69 Å². The van der Waals surface area contributed by atoms with Crippen LogP contribution in [0.5, 0.6) is 0 Å². The van der Waals surface area contributed by atoms with Crippen molar-refractivity contribution < 1.29 is 14.8 Å². The van der Waals surface area contributed by atoms with Crippen LogP contribution in [0, 0.1) is 23.0 Å². The number of hydrogen-bond acceptors (Lipinski definition) is 4. The zero-order chi connectivity index (χ0) is 16.4. The fraction of sp³-hybridized carbons (Fsp3) is 0.333. The summed E-state index contributed by atoms with van der Waals surface area (Å²) in [5.74, 6) is -0.737. The Morgan fingerprint density at radius 2 is 1.95 bits per heavy atom. The van der Waals surface area contributed by atoms with E-state index in [9.17, 15) is 20.0 Å². The van der Waals surface area contributed by atoms with Gasteiger partial charge in [0, 0.05) is 12.1 Å². The zero-order valence-corrected chi connectivity index (χ0v) is 12.6. The van der Waals surface area contributed by atoms with E-state index in [1.165, 1.54) is 16.8 Å². The summed E-state index contributed by atoms with van der Waals surface area (Å²) in [5, 5.41) is 24.5. The van der Waals surface area contributed by atoms with Crippen molar-refractivity contribution in [3.05, 3.63) is 51.3 Å². The Bertz CT molecular complexity index is 717. The first kappa shape index (κ1) is 15.7. The second-order valence-corrected chi connectivity index (χ2v) is 5.50. The largest absolute Gasteiger partial charge is 0.478 e. The highest BCUT2D eigenvalue weighted by atomic mass is 16.6. The summed E-state index contributed by atoms with van der Waals surface area (Å²) in [6.45, 7) is 5.67. The summed E-state index contributed by atoms with van der Waals surface area (Å²) >= 11 is 0. The first-order valence-electron chi connectivity index (χ1n) is 6.88. The Balaban J connectivity index is 2.51. The molecule has 1 N–H and O–H groups in total. The van der Waals surface area contributed by atoms with Gasteiger partial charge in [0.2, 0.25) is 0 Å². The van der Waals surface area contributed by atoms with Crippen LogP contribution in [0.25, 0.3) is 5.69 Å². The number of hydrogen-bond donors (Lipinski definition) is 1. The highest BCUT2D eigenvalue weighted by Crippen LogP contribution is 2.22. The molecule has 0 unspecified atom stereocenters. The van der Waals surface area contributed by atoms with E-state index in [-0.39, 0.29) is 17.2 Å². The molecule has 0 aliphatic rings. The Kier molecular flexibility index (Phi) is 4.25. The third kappa shape index (κ3) is 2.98. The first-order chi connectivity index (χ1) is 10.3. The van der Waals surface area contributed by atoms with Gasteiger partial charge in [-0.2, -0.15) is 5.10 Å². The molecular formula is C15H17N3O4. The molecule has 1 aromatic carbocycles. The average molecular weight is 303 g/mol. The quantitative estimate of drug-likeness (QED) is 0.676. The average Bonchev–Trinajstić information content (AvgIpc) is 2.74. The number of nitro groups is 1. The van der Waals surface area contributed by atoms with Gasteiger partial charge in [-0.25, -0.2) is 9.48 Å². The minimum Gasteiger partial charge on any atom is -0.478 e. The molecule has 7 nitrogen and oxygen atoms in total. The first-order valence-corrected chi connectivity index (χ1v) is 6.88. The summed E-state index contributed by atoms with van der Waals surface area (Å²) in [6.07, 6.45) is 0.558. The fourth-order valence-corrected chi connectivity index (χ4v) is 2.34. The molecule has 0 bridgehead atoms. The molecule has 1 aromatic heterocycles. The predicted molar refractivity (Wildman–Crippen MR) is 80.5 cm³/mol. The summed E-state index contributed by atoms with van der Waals surface area (Å²) in [6, 6.07) is 5.86. The van der Waals surface area contributed by atoms with Crippen molar-refractivity contribution >= 4 is 11.7 Å². The molecule has 0 saturated carbocycles. The van der Waals surface area contributed by atoms with Gasteiger partial charge in [-0.15, -0.1) is 0 Å². The van der Waals surface area contributed by atoms with E-state index in [4.69, 9.17) is 0 Å². The maximum absolute atomic E-state index is 11.5. The van der Waals surface area contributed by atoms with E-state index in [1.54, 1.807) is 19.1 Å². The number of carbonyl (C=O) groups is 1. The van der Waals surface area contributed by atoms with Crippen LogP contribution in [-0.2, 0) is 6.42 Å². The lowest BCUT2D eigenvalue weighted by molar-refractivity contribution is -0.384. The number of non-ortho nitro benzene ring substituents is 1. The minimum absolute atomic E-state index is 0.0191. The zero-order valence-electron chi connectivity index (χ0n) is 12.6. The van der Waals surface area contributed by atoms with Crippen LogP contribution in [-0.4, -0.2) is 25.8 Å². The lowest BCUT2D eigenvalue weighted by Gasteiger charge is -2.04. The van der Waals surface area contributed by atoms with Crippen LogP contribution in [0.3, 0.4) is 0 Å². The molecule has 0 atom stereocenters. The van der Waals surface area contributed by atoms with Crippen LogP contribution >= 0.6 is 0 Å². The Hall–Kier alpha value is -2.70. The van der Waals surface area contributed by atoms with Crippen molar-refractivity contribution in [2.45, 2.75) is 27.2 Å². The number of rotatable bonds is 5. The van der Waals surface area contributed by atoms with Crippen molar-refractivity contribution in [3.63, 3.8) is 0 Å². The standard InChI is InChI=1S/C15H17N3O4/c1-9(2)8-13-14(15(19)20)10(3)17(16-13)11-4-6-12(7-5-11)18(21)22/h4-7,9H,8H2,1-3H3,(H,19,20). The summed E-state index contributed by atoms with van der Waals surface area (Å²) in [4.78, 5) is 21.7. The van der Waals surface area contributed by atoms with Gasteiger partial charge in [-0.3, -0.25) is 10.1 Å². The van der Waals surface area contributed by atoms with Gasteiger partial charge in [0.25, 0.3) is 5.69 Å². The lowest BCUT2D eigenvalue weighted by atomic mass is 10.0. The molecule has 0 amide bonds. The number of nitrogens with zero attached hydrogens (tertiary/aromatic N) is 3. The Morgan fingerprint density at radius 1 is 1.36 bits per heavy atom. The SMILES string of the molecule is Cc1c(C(=O)O)c(CC(C)C)nn1-c1ccc([N+](=O)[O-])cc1. The summed E-state index contributed by atoms with van der Waals surface area (Å²) in [7, 11) is 0. The molecular weight excluding hydrogens is 286 g/mol. The normalized spacial score (nSPS) is 10.9. The molecule has 0 spiro atoms. The van der Waals surface area contributed by atoms with Gasteiger partial charge in [-0.1, -0.05) is 13.8 Å². The highest BCUT2D eigenvalue weighted by Gasteiger charge is 2.22. The number of aromatic carboxylic acids is 1.